The van der Waals surface area contributed by atoms with Crippen LogP contribution in [0.5, 0.6) is 0 Å². The zero-order valence-corrected chi connectivity index (χ0v) is 16.1. The van der Waals surface area contributed by atoms with Crippen molar-refractivity contribution in [3.8, 4) is 0 Å². The van der Waals surface area contributed by atoms with Crippen molar-refractivity contribution in [1.82, 2.24) is 14.9 Å². The van der Waals surface area contributed by atoms with Gasteiger partial charge in [0.2, 0.25) is 5.91 Å². The molecule has 2 aliphatic heterocycles. The minimum atomic E-state index is -0.311. The molecule has 6 nitrogen and oxygen atoms in total. The molecule has 28 heavy (non-hydrogen) atoms. The van der Waals surface area contributed by atoms with Crippen LogP contribution in [-0.2, 0) is 4.79 Å². The molecule has 144 valence electrons. The van der Waals surface area contributed by atoms with E-state index in [2.05, 4.69) is 16.0 Å². The third-order valence-corrected chi connectivity index (χ3v) is 6.50. The van der Waals surface area contributed by atoms with E-state index in [9.17, 15) is 9.59 Å². The largest absolute Gasteiger partial charge is 0.355 e. The molecule has 1 spiro atoms. The van der Waals surface area contributed by atoms with Gasteiger partial charge in [0.25, 0.3) is 0 Å². The number of H-pyrrole nitrogens is 1. The lowest BCUT2D eigenvalue weighted by molar-refractivity contribution is -0.145. The van der Waals surface area contributed by atoms with E-state index in [1.807, 2.05) is 30.1 Å². The van der Waals surface area contributed by atoms with Gasteiger partial charge in [-0.2, -0.15) is 0 Å². The van der Waals surface area contributed by atoms with E-state index < -0.39 is 0 Å². The number of hydrogen-bond donors (Lipinski definition) is 1. The van der Waals surface area contributed by atoms with Gasteiger partial charge in [-0.25, -0.2) is 4.98 Å². The van der Waals surface area contributed by atoms with Gasteiger partial charge in [0, 0.05) is 43.8 Å². The van der Waals surface area contributed by atoms with Gasteiger partial charge in [0.05, 0.1) is 21.9 Å². The number of nitrogens with zero attached hydrogens (tertiary/aromatic N) is 3. The number of carbonyl (C=O) groups excluding carboxylic acids is 2. The Kier molecular flexibility index (Phi) is 3.89. The predicted octanol–water partition coefficient (Wildman–Crippen LogP) is 3.37. The van der Waals surface area contributed by atoms with E-state index >= 15 is 0 Å². The average molecular weight is 376 g/mol. The van der Waals surface area contributed by atoms with E-state index in [4.69, 9.17) is 4.98 Å². The molecule has 1 unspecified atom stereocenters. The molecule has 2 saturated heterocycles. The first-order valence-electron chi connectivity index (χ1n) is 9.98. The molecule has 0 aliphatic carbocycles. The first kappa shape index (κ1) is 17.2. The highest BCUT2D eigenvalue weighted by Crippen LogP contribution is 2.42. The number of aromatic nitrogens is 2. The highest BCUT2D eigenvalue weighted by Gasteiger charge is 2.46. The van der Waals surface area contributed by atoms with E-state index in [0.29, 0.717) is 12.1 Å². The number of nitrogens with one attached hydrogen (secondary N) is 1. The lowest BCUT2D eigenvalue weighted by Gasteiger charge is -2.46. The highest BCUT2D eigenvalue weighted by molar-refractivity contribution is 6.16. The summed E-state index contributed by atoms with van der Waals surface area (Å²) in [4.78, 5) is 36.8. The van der Waals surface area contributed by atoms with Crippen LogP contribution in [0.1, 0.15) is 36.0 Å². The van der Waals surface area contributed by atoms with Crippen molar-refractivity contribution < 1.29 is 9.59 Å². The number of likely N-dealkylation sites (tertiary alicyclic amines) is 1. The second kappa shape index (κ2) is 6.33. The Hall–Kier alpha value is -2.89. The Bertz CT molecular complexity index is 1080. The molecule has 1 N–H and O–H groups in total. The average Bonchev–Trinajstić information content (AvgIpc) is 3.11. The Morgan fingerprint density at radius 3 is 2.79 bits per heavy atom. The molecular formula is C22H24N4O2. The van der Waals surface area contributed by atoms with Crippen LogP contribution in [0, 0.1) is 5.41 Å². The molecule has 1 aromatic carbocycles. The summed E-state index contributed by atoms with van der Waals surface area (Å²) in [5.74, 6) is 1.14. The Labute approximate surface area is 163 Å². The second-order valence-electron chi connectivity index (χ2n) is 8.21. The molecule has 0 bridgehead atoms. The molecule has 4 heterocycles. The third kappa shape index (κ3) is 2.44. The summed E-state index contributed by atoms with van der Waals surface area (Å²) in [6, 6.07) is 8.07. The van der Waals surface area contributed by atoms with E-state index in [0.717, 1.165) is 72.7 Å². The monoisotopic (exact) mass is 376 g/mol. The van der Waals surface area contributed by atoms with Crippen molar-refractivity contribution in [3.63, 3.8) is 0 Å². The summed E-state index contributed by atoms with van der Waals surface area (Å²) in [6.45, 7) is 2.42. The number of rotatable bonds is 2. The number of fused-ring (bicyclic) bond motifs is 3. The minimum absolute atomic E-state index is 0.267. The number of piperidine rings is 2. The Balaban J connectivity index is 1.65. The quantitative estimate of drug-likeness (QED) is 0.696. The molecule has 0 saturated carbocycles. The summed E-state index contributed by atoms with van der Waals surface area (Å²) in [6.07, 6.45) is 6.41. The molecule has 3 aromatic rings. The summed E-state index contributed by atoms with van der Waals surface area (Å²) >= 11 is 0. The maximum Gasteiger partial charge on any atom is 0.230 e. The van der Waals surface area contributed by atoms with Gasteiger partial charge in [-0.05, 0) is 31.7 Å². The van der Waals surface area contributed by atoms with Crippen molar-refractivity contribution in [2.24, 2.45) is 5.41 Å². The number of hydrogen-bond acceptors (Lipinski definition) is 4. The van der Waals surface area contributed by atoms with Crippen LogP contribution in [0.25, 0.3) is 21.8 Å². The summed E-state index contributed by atoms with van der Waals surface area (Å²) in [5, 5.41) is 2.05. The van der Waals surface area contributed by atoms with Crippen molar-refractivity contribution >= 4 is 39.8 Å². The van der Waals surface area contributed by atoms with Crippen molar-refractivity contribution in [2.75, 3.05) is 31.6 Å². The molecule has 6 heteroatoms. The fraction of sp³-hybridized carbons (Fsp3) is 0.409. The van der Waals surface area contributed by atoms with Gasteiger partial charge >= 0.3 is 0 Å². The molecule has 2 aliphatic rings. The fourth-order valence-electron chi connectivity index (χ4n) is 5.14. The standard InChI is InChI=1S/C22H24N4O2/c1-25-10-4-8-22(21(25)28)9-5-11-26(14-22)20-18-16-6-2-3-7-17(16)24-19(18)15(13-27)12-23-20/h2-3,6-7,12-13,24H,4-5,8-11,14H2,1H3. The summed E-state index contributed by atoms with van der Waals surface area (Å²) in [5.41, 5.74) is 2.08. The van der Waals surface area contributed by atoms with Gasteiger partial charge < -0.3 is 14.8 Å². The molecule has 5 rings (SSSR count). The maximum absolute atomic E-state index is 13.0. The van der Waals surface area contributed by atoms with Crippen LogP contribution in [0.4, 0.5) is 5.82 Å². The van der Waals surface area contributed by atoms with Crippen molar-refractivity contribution in [2.45, 2.75) is 25.7 Å². The maximum atomic E-state index is 13.0. The van der Waals surface area contributed by atoms with Crippen LogP contribution < -0.4 is 4.90 Å². The molecule has 1 atom stereocenters. The second-order valence-corrected chi connectivity index (χ2v) is 8.21. The summed E-state index contributed by atoms with van der Waals surface area (Å²) in [7, 11) is 1.91. The molecule has 1 amide bonds. The van der Waals surface area contributed by atoms with Crippen LogP contribution in [0.15, 0.2) is 30.5 Å². The number of pyridine rings is 1. The topological polar surface area (TPSA) is 69.3 Å². The normalized spacial score (nSPS) is 23.1. The lowest BCUT2D eigenvalue weighted by Crippen LogP contribution is -2.55. The number of aromatic amines is 1. The summed E-state index contributed by atoms with van der Waals surface area (Å²) < 4.78 is 0. The van der Waals surface area contributed by atoms with Gasteiger partial charge in [0.1, 0.15) is 5.82 Å². The van der Waals surface area contributed by atoms with E-state index in [1.54, 1.807) is 6.20 Å². The SMILES string of the molecule is CN1CCCC2(CCCN(c3ncc(C=O)c4[nH]c5ccccc5c34)C2)C1=O. The zero-order valence-electron chi connectivity index (χ0n) is 16.1. The highest BCUT2D eigenvalue weighted by atomic mass is 16.2. The number of benzene rings is 1. The van der Waals surface area contributed by atoms with Crippen LogP contribution in [0.2, 0.25) is 0 Å². The lowest BCUT2D eigenvalue weighted by atomic mass is 9.73. The minimum Gasteiger partial charge on any atom is -0.355 e. The number of amides is 1. The smallest absolute Gasteiger partial charge is 0.230 e. The van der Waals surface area contributed by atoms with Crippen molar-refractivity contribution in [1.29, 1.82) is 0 Å². The first-order valence-corrected chi connectivity index (χ1v) is 9.98. The predicted molar refractivity (Wildman–Crippen MR) is 110 cm³/mol. The number of anilines is 1. The van der Waals surface area contributed by atoms with Crippen LogP contribution in [0.3, 0.4) is 0 Å². The van der Waals surface area contributed by atoms with Crippen molar-refractivity contribution in [3.05, 3.63) is 36.0 Å². The van der Waals surface area contributed by atoms with Crippen LogP contribution in [-0.4, -0.2) is 53.7 Å². The van der Waals surface area contributed by atoms with Gasteiger partial charge in [-0.3, -0.25) is 9.59 Å². The molecular weight excluding hydrogens is 352 g/mol. The number of carbonyl (C=O) groups is 2. The van der Waals surface area contributed by atoms with E-state index in [1.165, 1.54) is 0 Å². The first-order chi connectivity index (χ1) is 13.6. The van der Waals surface area contributed by atoms with Gasteiger partial charge in [-0.1, -0.05) is 18.2 Å². The fourth-order valence-corrected chi connectivity index (χ4v) is 5.14. The molecule has 2 fully saturated rings. The molecule has 0 radical (unpaired) electrons. The van der Waals surface area contributed by atoms with Gasteiger partial charge in [0.15, 0.2) is 6.29 Å². The van der Waals surface area contributed by atoms with E-state index in [-0.39, 0.29) is 11.3 Å². The van der Waals surface area contributed by atoms with Gasteiger partial charge in [-0.15, -0.1) is 0 Å². The zero-order chi connectivity index (χ0) is 19.3. The number of aldehydes is 1. The van der Waals surface area contributed by atoms with Crippen LogP contribution >= 0.6 is 0 Å². The Morgan fingerprint density at radius 2 is 1.96 bits per heavy atom. The Morgan fingerprint density at radius 1 is 1.18 bits per heavy atom. The number of para-hydroxylation sites is 1. The third-order valence-electron chi connectivity index (χ3n) is 6.50. The molecule has 2 aromatic heterocycles.